The van der Waals surface area contributed by atoms with E-state index in [1.807, 2.05) is 53.2 Å². The third-order valence-electron chi connectivity index (χ3n) is 10.3. The number of rotatable bonds is 7. The molecule has 1 spiro atoms. The second-order valence-corrected chi connectivity index (χ2v) is 13.4. The normalized spacial score (nSPS) is 19.5. The van der Waals surface area contributed by atoms with Gasteiger partial charge in [0.05, 0.1) is 17.5 Å². The second-order valence-electron chi connectivity index (χ2n) is 13.4. The number of carbonyl (C=O) groups excluding carboxylic acids is 3. The van der Waals surface area contributed by atoms with E-state index in [1.54, 1.807) is 30.3 Å². The van der Waals surface area contributed by atoms with Gasteiger partial charge in [0.2, 0.25) is 11.8 Å². The van der Waals surface area contributed by atoms with E-state index in [9.17, 15) is 14.4 Å². The molecule has 2 N–H and O–H groups in total. The molecule has 3 aliphatic heterocycles. The van der Waals surface area contributed by atoms with Crippen molar-refractivity contribution < 1.29 is 14.4 Å². The predicted octanol–water partition coefficient (Wildman–Crippen LogP) is 3.52. The largest absolute Gasteiger partial charge is 0.354 e. The van der Waals surface area contributed by atoms with Gasteiger partial charge in [-0.2, -0.15) is 10.2 Å². The van der Waals surface area contributed by atoms with Crippen LogP contribution in [0.15, 0.2) is 73.2 Å². The van der Waals surface area contributed by atoms with Crippen molar-refractivity contribution in [2.75, 3.05) is 51.2 Å². The van der Waals surface area contributed by atoms with Gasteiger partial charge in [-0.05, 0) is 67.3 Å². The van der Waals surface area contributed by atoms with Gasteiger partial charge in [0.1, 0.15) is 17.7 Å². The van der Waals surface area contributed by atoms with E-state index >= 15 is 0 Å². The maximum Gasteiger partial charge on any atom is 0.269 e. The summed E-state index contributed by atoms with van der Waals surface area (Å²) in [7, 11) is 3.42. The average Bonchev–Trinajstić information content (AvgIpc) is 3.95. The Labute approximate surface area is 289 Å². The van der Waals surface area contributed by atoms with Gasteiger partial charge < -0.3 is 15.1 Å². The SMILES string of the molecule is CNC(=O)c1ccc(-c2n[nH]c3ccc(N4CC[C@]5(CCN(CC(=O)N6CC=C(c7ccc(-c8ncn(C)n8)cc7)CC6)C5)C4=O)cc23)cn1. The van der Waals surface area contributed by atoms with Gasteiger partial charge in [-0.1, -0.05) is 30.3 Å². The Morgan fingerprint density at radius 2 is 1.76 bits per heavy atom. The number of likely N-dealkylation sites (tertiary alicyclic amines) is 1. The highest BCUT2D eigenvalue weighted by Crippen LogP contribution is 2.43. The van der Waals surface area contributed by atoms with Gasteiger partial charge in [-0.25, -0.2) is 4.98 Å². The first-order valence-corrected chi connectivity index (χ1v) is 16.9. The highest BCUT2D eigenvalue weighted by Gasteiger charge is 2.51. The summed E-state index contributed by atoms with van der Waals surface area (Å²) in [6, 6.07) is 17.7. The van der Waals surface area contributed by atoms with Crippen molar-refractivity contribution in [1.82, 2.24) is 45.1 Å². The third-order valence-corrected chi connectivity index (χ3v) is 10.3. The minimum Gasteiger partial charge on any atom is -0.354 e. The van der Waals surface area contributed by atoms with Crippen molar-refractivity contribution >= 4 is 39.9 Å². The Hall–Kier alpha value is -5.69. The zero-order chi connectivity index (χ0) is 34.4. The number of aromatic nitrogens is 6. The summed E-state index contributed by atoms with van der Waals surface area (Å²) in [5.41, 5.74) is 6.37. The van der Waals surface area contributed by atoms with Crippen molar-refractivity contribution in [3.63, 3.8) is 0 Å². The molecule has 0 saturated carbocycles. The van der Waals surface area contributed by atoms with Gasteiger partial charge in [0, 0.05) is 68.7 Å². The smallest absolute Gasteiger partial charge is 0.269 e. The van der Waals surface area contributed by atoms with Crippen LogP contribution in [0.2, 0.25) is 0 Å². The highest BCUT2D eigenvalue weighted by atomic mass is 16.2. The first kappa shape index (κ1) is 31.6. The second kappa shape index (κ2) is 12.6. The molecule has 3 aliphatic rings. The molecule has 8 rings (SSSR count). The summed E-state index contributed by atoms with van der Waals surface area (Å²) in [5, 5.41) is 15.4. The Balaban J connectivity index is 0.893. The predicted molar refractivity (Wildman–Crippen MR) is 189 cm³/mol. The van der Waals surface area contributed by atoms with Crippen LogP contribution >= 0.6 is 0 Å². The minimum atomic E-state index is -0.486. The standard InChI is InChI=1S/C37H38N10O3/c1-38-35(49)31-9-7-27(20-39-31)33-29-19-28(8-10-30(29)41-42-33)47-18-14-37(36(47)50)13-17-45(22-37)21-32(48)46-15-11-25(12-16-46)24-3-5-26(6-4-24)34-40-23-44(2)43-34/h3-11,19-20,23H,12-18,21-22H2,1-2H3,(H,38,49)(H,41,42)/t37-/m0/s1. The number of fused-ring (bicyclic) bond motifs is 1. The number of H-pyrrole nitrogens is 1. The van der Waals surface area contributed by atoms with Crippen molar-refractivity contribution in [1.29, 1.82) is 0 Å². The van der Waals surface area contributed by atoms with Crippen molar-refractivity contribution in [2.45, 2.75) is 19.3 Å². The van der Waals surface area contributed by atoms with E-state index in [0.29, 0.717) is 49.9 Å². The molecule has 2 saturated heterocycles. The fourth-order valence-corrected chi connectivity index (χ4v) is 7.48. The first-order chi connectivity index (χ1) is 24.3. The molecule has 0 aliphatic carbocycles. The van der Waals surface area contributed by atoms with Gasteiger partial charge in [0.15, 0.2) is 5.82 Å². The van der Waals surface area contributed by atoms with Crippen LogP contribution in [-0.4, -0.2) is 104 Å². The van der Waals surface area contributed by atoms with E-state index in [0.717, 1.165) is 59.1 Å². The average molecular weight is 671 g/mol. The number of nitrogens with zero attached hydrogens (tertiary/aromatic N) is 8. The third kappa shape index (κ3) is 5.72. The van der Waals surface area contributed by atoms with E-state index in [-0.39, 0.29) is 17.7 Å². The number of amides is 3. The molecular weight excluding hydrogens is 632 g/mol. The van der Waals surface area contributed by atoms with Crippen molar-refractivity contribution in [3.05, 3.63) is 84.5 Å². The number of hydrogen-bond donors (Lipinski definition) is 2. The number of carbonyl (C=O) groups is 3. The van der Waals surface area contributed by atoms with Crippen LogP contribution in [-0.2, 0) is 16.6 Å². The summed E-state index contributed by atoms with van der Waals surface area (Å²) in [6.45, 7) is 3.51. The molecule has 13 nitrogen and oxygen atoms in total. The monoisotopic (exact) mass is 670 g/mol. The molecule has 0 bridgehead atoms. The van der Waals surface area contributed by atoms with Crippen LogP contribution in [0.25, 0.3) is 39.1 Å². The lowest BCUT2D eigenvalue weighted by Gasteiger charge is -2.29. The van der Waals surface area contributed by atoms with Gasteiger partial charge in [-0.15, -0.1) is 0 Å². The lowest BCUT2D eigenvalue weighted by molar-refractivity contribution is -0.132. The van der Waals surface area contributed by atoms with Crippen LogP contribution in [0.3, 0.4) is 0 Å². The quantitative estimate of drug-likeness (QED) is 0.268. The lowest BCUT2D eigenvalue weighted by Crippen LogP contribution is -2.43. The number of aryl methyl sites for hydroxylation is 1. The Morgan fingerprint density at radius 3 is 2.48 bits per heavy atom. The lowest BCUT2D eigenvalue weighted by atomic mass is 9.85. The molecule has 1 atom stereocenters. The van der Waals surface area contributed by atoms with Crippen LogP contribution in [0.5, 0.6) is 0 Å². The van der Waals surface area contributed by atoms with Crippen LogP contribution in [0, 0.1) is 5.41 Å². The fourth-order valence-electron chi connectivity index (χ4n) is 7.48. The number of benzene rings is 2. The Kier molecular flexibility index (Phi) is 7.98. The van der Waals surface area contributed by atoms with Crippen molar-refractivity contribution in [2.24, 2.45) is 12.5 Å². The molecular formula is C37H38N10O3. The Bertz CT molecular complexity index is 2130. The summed E-state index contributed by atoms with van der Waals surface area (Å²) < 4.78 is 1.69. The van der Waals surface area contributed by atoms with Gasteiger partial charge in [-0.3, -0.25) is 34.0 Å². The molecule has 13 heteroatoms. The van der Waals surface area contributed by atoms with E-state index in [4.69, 9.17) is 0 Å². The maximum absolute atomic E-state index is 14.0. The van der Waals surface area contributed by atoms with Gasteiger partial charge >= 0.3 is 0 Å². The number of hydrogen-bond acceptors (Lipinski definition) is 8. The van der Waals surface area contributed by atoms with E-state index in [1.165, 1.54) is 5.57 Å². The minimum absolute atomic E-state index is 0.104. The van der Waals surface area contributed by atoms with Crippen LogP contribution < -0.4 is 10.2 Å². The molecule has 50 heavy (non-hydrogen) atoms. The molecule has 5 aromatic rings. The number of nitrogens with one attached hydrogen (secondary N) is 2. The zero-order valence-corrected chi connectivity index (χ0v) is 28.1. The number of anilines is 1. The maximum atomic E-state index is 14.0. The number of aromatic amines is 1. The highest BCUT2D eigenvalue weighted by molar-refractivity contribution is 6.03. The number of pyridine rings is 1. The molecule has 254 valence electrons. The molecule has 3 aromatic heterocycles. The molecule has 2 fully saturated rings. The summed E-state index contributed by atoms with van der Waals surface area (Å²) in [5.74, 6) is 0.671. The molecule has 0 radical (unpaired) electrons. The molecule has 3 amide bonds. The summed E-state index contributed by atoms with van der Waals surface area (Å²) in [6.07, 6.45) is 7.77. The van der Waals surface area contributed by atoms with E-state index in [2.05, 4.69) is 53.7 Å². The first-order valence-electron chi connectivity index (χ1n) is 16.9. The van der Waals surface area contributed by atoms with Crippen LogP contribution in [0.4, 0.5) is 5.69 Å². The molecule has 0 unspecified atom stereocenters. The zero-order valence-electron chi connectivity index (χ0n) is 28.1. The topological polar surface area (TPSA) is 145 Å². The Morgan fingerprint density at radius 1 is 0.960 bits per heavy atom. The van der Waals surface area contributed by atoms with Crippen LogP contribution in [0.1, 0.15) is 35.3 Å². The summed E-state index contributed by atoms with van der Waals surface area (Å²) >= 11 is 0. The van der Waals surface area contributed by atoms with Crippen molar-refractivity contribution in [3.8, 4) is 22.6 Å². The molecule has 2 aromatic carbocycles. The fraction of sp³-hybridized carbons (Fsp3) is 0.324. The van der Waals surface area contributed by atoms with E-state index < -0.39 is 5.41 Å². The van der Waals surface area contributed by atoms with Gasteiger partial charge in [0.25, 0.3) is 5.91 Å². The summed E-state index contributed by atoms with van der Waals surface area (Å²) in [4.78, 5) is 53.9. The molecule has 6 heterocycles.